The molecule has 134 valence electrons. The van der Waals surface area contributed by atoms with E-state index in [-0.39, 0.29) is 12.5 Å². The van der Waals surface area contributed by atoms with Crippen LogP contribution in [0.15, 0.2) is 65.8 Å². The number of hydrazone groups is 1. The molecule has 0 radical (unpaired) electrons. The maximum Gasteiger partial charge on any atom is 0.277 e. The average Bonchev–Trinajstić information content (AvgIpc) is 3.08. The molecule has 1 amide bonds. The summed E-state index contributed by atoms with van der Waals surface area (Å²) in [5, 5.41) is 13.1. The fraction of sp³-hybridized carbons (Fsp3) is 0.227. The van der Waals surface area contributed by atoms with Gasteiger partial charge >= 0.3 is 0 Å². The largest absolute Gasteiger partial charge is 0.484 e. The minimum Gasteiger partial charge on any atom is -0.484 e. The van der Waals surface area contributed by atoms with E-state index in [9.17, 15) is 4.79 Å². The molecule has 5 heteroatoms. The first kappa shape index (κ1) is 17.0. The summed E-state index contributed by atoms with van der Waals surface area (Å²) < 4.78 is 5.53. The van der Waals surface area contributed by atoms with Gasteiger partial charge in [0.1, 0.15) is 5.75 Å². The monoisotopic (exact) mass is 357 g/mol. The Morgan fingerprint density at radius 2 is 1.85 bits per heavy atom. The Labute approximate surface area is 158 Å². The van der Waals surface area contributed by atoms with Gasteiger partial charge in [-0.05, 0) is 54.2 Å². The number of benzene rings is 2. The Kier molecular flexibility index (Phi) is 4.71. The number of amides is 1. The second kappa shape index (κ2) is 7.46. The molecule has 0 aromatic heterocycles. The van der Waals surface area contributed by atoms with Crippen LogP contribution in [0.2, 0.25) is 0 Å². The fourth-order valence-corrected chi connectivity index (χ4v) is 3.46. The Bertz CT molecular complexity index is 937. The molecule has 2 aromatic rings. The van der Waals surface area contributed by atoms with E-state index in [4.69, 9.17) is 10.00 Å². The quantitative estimate of drug-likeness (QED) is 0.655. The molecule has 2 aliphatic rings. The minimum atomic E-state index is -0.256. The molecule has 0 saturated heterocycles. The predicted octanol–water partition coefficient (Wildman–Crippen LogP) is 3.67. The summed E-state index contributed by atoms with van der Waals surface area (Å²) in [6.45, 7) is -0.0701. The van der Waals surface area contributed by atoms with E-state index in [0.29, 0.717) is 23.1 Å². The van der Waals surface area contributed by atoms with Gasteiger partial charge in [0.15, 0.2) is 6.61 Å². The SMILES string of the molecule is N#Cc1ccc(-c2ccc(OCC(=O)N/N=C3/C[C@H]4C=CC[C@H]34)cc2)cc1. The summed E-state index contributed by atoms with van der Waals surface area (Å²) in [7, 11) is 0. The van der Waals surface area contributed by atoms with Gasteiger partial charge < -0.3 is 4.74 Å². The van der Waals surface area contributed by atoms with Crippen LogP contribution in [-0.4, -0.2) is 18.2 Å². The lowest BCUT2D eigenvalue weighted by atomic mass is 9.74. The average molecular weight is 357 g/mol. The molecule has 0 spiro atoms. The number of allylic oxidation sites excluding steroid dienone is 2. The van der Waals surface area contributed by atoms with E-state index in [1.54, 1.807) is 12.1 Å². The standard InChI is InChI=1S/C22H19N3O2/c23-13-15-4-6-16(7-5-15)17-8-10-19(11-9-17)27-14-22(26)25-24-21-12-18-2-1-3-20(18)21/h1-2,4-11,18,20H,3,12,14H2,(H,25,26)/b24-21-/t18-,20+/m1/s1. The lowest BCUT2D eigenvalue weighted by molar-refractivity contribution is -0.123. The number of hydrogen-bond donors (Lipinski definition) is 1. The molecule has 27 heavy (non-hydrogen) atoms. The number of ether oxygens (including phenoxy) is 1. The normalized spacial score (nSPS) is 21.2. The summed E-state index contributed by atoms with van der Waals surface area (Å²) in [5.41, 5.74) is 6.34. The van der Waals surface area contributed by atoms with Gasteiger partial charge in [0.05, 0.1) is 11.6 Å². The van der Waals surface area contributed by atoms with E-state index in [0.717, 1.165) is 29.7 Å². The number of nitrogens with one attached hydrogen (secondary N) is 1. The van der Waals surface area contributed by atoms with E-state index in [2.05, 4.69) is 28.7 Å². The number of carbonyl (C=O) groups is 1. The third-order valence-corrected chi connectivity index (χ3v) is 5.06. The Hall–Kier alpha value is -3.39. The topological polar surface area (TPSA) is 74.5 Å². The van der Waals surface area contributed by atoms with Crippen molar-refractivity contribution in [2.45, 2.75) is 12.8 Å². The van der Waals surface area contributed by atoms with Crippen molar-refractivity contribution in [1.82, 2.24) is 5.43 Å². The number of rotatable bonds is 5. The summed E-state index contributed by atoms with van der Waals surface area (Å²) in [6.07, 6.45) is 6.39. The van der Waals surface area contributed by atoms with Crippen LogP contribution in [0.3, 0.4) is 0 Å². The summed E-state index contributed by atoms with van der Waals surface area (Å²) >= 11 is 0. The van der Waals surface area contributed by atoms with Crippen LogP contribution < -0.4 is 10.2 Å². The highest BCUT2D eigenvalue weighted by Gasteiger charge is 2.37. The molecule has 0 aliphatic heterocycles. The molecular weight excluding hydrogens is 338 g/mol. The Balaban J connectivity index is 1.27. The zero-order valence-electron chi connectivity index (χ0n) is 14.8. The minimum absolute atomic E-state index is 0.0701. The highest BCUT2D eigenvalue weighted by molar-refractivity contribution is 5.94. The van der Waals surface area contributed by atoms with Crippen LogP contribution in [0.5, 0.6) is 5.75 Å². The van der Waals surface area contributed by atoms with Gasteiger partial charge in [0, 0.05) is 11.6 Å². The zero-order chi connectivity index (χ0) is 18.6. The first-order valence-corrected chi connectivity index (χ1v) is 8.98. The Morgan fingerprint density at radius 1 is 1.15 bits per heavy atom. The molecule has 1 N–H and O–H groups in total. The zero-order valence-corrected chi connectivity index (χ0v) is 14.8. The third kappa shape index (κ3) is 3.75. The van der Waals surface area contributed by atoms with Crippen molar-refractivity contribution in [1.29, 1.82) is 5.26 Å². The molecule has 2 atom stereocenters. The molecule has 4 rings (SSSR count). The van der Waals surface area contributed by atoms with Crippen molar-refractivity contribution in [2.24, 2.45) is 16.9 Å². The number of nitriles is 1. The van der Waals surface area contributed by atoms with Gasteiger partial charge in [-0.2, -0.15) is 10.4 Å². The van der Waals surface area contributed by atoms with Crippen LogP contribution in [0.1, 0.15) is 18.4 Å². The molecule has 5 nitrogen and oxygen atoms in total. The molecular formula is C22H19N3O2. The first-order valence-electron chi connectivity index (χ1n) is 8.98. The van der Waals surface area contributed by atoms with Crippen molar-refractivity contribution >= 4 is 11.6 Å². The molecule has 1 fully saturated rings. The van der Waals surface area contributed by atoms with Gasteiger partial charge in [-0.1, -0.05) is 36.4 Å². The van der Waals surface area contributed by atoms with Crippen LogP contribution in [0.4, 0.5) is 0 Å². The van der Waals surface area contributed by atoms with E-state index < -0.39 is 0 Å². The first-order chi connectivity index (χ1) is 13.2. The molecule has 2 aliphatic carbocycles. The van der Waals surface area contributed by atoms with Crippen molar-refractivity contribution in [3.63, 3.8) is 0 Å². The van der Waals surface area contributed by atoms with Crippen molar-refractivity contribution in [3.8, 4) is 22.9 Å². The van der Waals surface area contributed by atoms with Crippen molar-refractivity contribution < 1.29 is 9.53 Å². The van der Waals surface area contributed by atoms with Crippen LogP contribution in [-0.2, 0) is 4.79 Å². The van der Waals surface area contributed by atoms with E-state index in [1.807, 2.05) is 36.4 Å². The molecule has 0 heterocycles. The number of hydrogen-bond acceptors (Lipinski definition) is 4. The lowest BCUT2D eigenvalue weighted by Crippen LogP contribution is -2.36. The maximum absolute atomic E-state index is 11.9. The van der Waals surface area contributed by atoms with Gasteiger partial charge in [0.25, 0.3) is 5.91 Å². The van der Waals surface area contributed by atoms with Gasteiger partial charge in [-0.25, -0.2) is 5.43 Å². The Morgan fingerprint density at radius 3 is 2.52 bits per heavy atom. The van der Waals surface area contributed by atoms with Gasteiger partial charge in [0.2, 0.25) is 0 Å². The van der Waals surface area contributed by atoms with E-state index >= 15 is 0 Å². The summed E-state index contributed by atoms with van der Waals surface area (Å²) in [5.74, 6) is 1.47. The number of nitrogens with zero attached hydrogens (tertiary/aromatic N) is 2. The highest BCUT2D eigenvalue weighted by Crippen LogP contribution is 2.40. The maximum atomic E-state index is 11.9. The second-order valence-electron chi connectivity index (χ2n) is 6.78. The van der Waals surface area contributed by atoms with Crippen LogP contribution in [0, 0.1) is 23.2 Å². The van der Waals surface area contributed by atoms with Gasteiger partial charge in [-0.3, -0.25) is 4.79 Å². The third-order valence-electron chi connectivity index (χ3n) is 5.06. The number of fused-ring (bicyclic) bond motifs is 1. The number of carbonyl (C=O) groups excluding carboxylic acids is 1. The second-order valence-corrected chi connectivity index (χ2v) is 6.78. The molecule has 0 bridgehead atoms. The molecule has 0 unspecified atom stereocenters. The van der Waals surface area contributed by atoms with Crippen LogP contribution in [0.25, 0.3) is 11.1 Å². The highest BCUT2D eigenvalue weighted by atomic mass is 16.5. The molecule has 2 aromatic carbocycles. The van der Waals surface area contributed by atoms with Gasteiger partial charge in [-0.15, -0.1) is 0 Å². The lowest BCUT2D eigenvalue weighted by Gasteiger charge is -2.31. The van der Waals surface area contributed by atoms with Crippen LogP contribution >= 0.6 is 0 Å². The summed E-state index contributed by atoms with van der Waals surface area (Å²) in [6, 6.07) is 17.0. The predicted molar refractivity (Wildman–Crippen MR) is 103 cm³/mol. The smallest absolute Gasteiger partial charge is 0.277 e. The van der Waals surface area contributed by atoms with Crippen molar-refractivity contribution in [3.05, 3.63) is 66.2 Å². The van der Waals surface area contributed by atoms with Crippen molar-refractivity contribution in [2.75, 3.05) is 6.61 Å². The molecule has 1 saturated carbocycles. The summed E-state index contributed by atoms with van der Waals surface area (Å²) in [4.78, 5) is 11.9. The fourth-order valence-electron chi connectivity index (χ4n) is 3.46. The van der Waals surface area contributed by atoms with E-state index in [1.165, 1.54) is 0 Å².